The predicted molar refractivity (Wildman–Crippen MR) is 133 cm³/mol. The van der Waals surface area contributed by atoms with E-state index in [1.165, 1.54) is 6.07 Å². The normalized spacial score (nSPS) is 14.1. The van der Waals surface area contributed by atoms with Gasteiger partial charge < -0.3 is 15.0 Å². The molecule has 0 unspecified atom stereocenters. The summed E-state index contributed by atoms with van der Waals surface area (Å²) >= 11 is 0. The average Bonchev–Trinajstić information content (AvgIpc) is 3.22. The van der Waals surface area contributed by atoms with Gasteiger partial charge in [0.05, 0.1) is 11.5 Å². The van der Waals surface area contributed by atoms with Gasteiger partial charge in [-0.25, -0.2) is 8.42 Å². The Hall–Kier alpha value is -2.91. The molecule has 0 fully saturated rings. The molecule has 0 aliphatic carbocycles. The number of amides is 2. The van der Waals surface area contributed by atoms with E-state index in [4.69, 9.17) is 4.74 Å². The van der Waals surface area contributed by atoms with Crippen LogP contribution in [0, 0.1) is 5.92 Å². The fourth-order valence-corrected chi connectivity index (χ4v) is 5.22. The Labute approximate surface area is 201 Å². The number of carbonyl (C=O) groups is 2. The summed E-state index contributed by atoms with van der Waals surface area (Å²) in [7, 11) is -3.96. The van der Waals surface area contributed by atoms with Gasteiger partial charge in [0.25, 0.3) is 0 Å². The second-order valence-electron chi connectivity index (χ2n) is 8.69. The monoisotopic (exact) mass is 487 g/mol. The van der Waals surface area contributed by atoms with Crippen molar-refractivity contribution in [3.05, 3.63) is 48.0 Å². The number of benzene rings is 2. The van der Waals surface area contributed by atoms with Crippen LogP contribution in [0.2, 0.25) is 0 Å². The Morgan fingerprint density at radius 2 is 1.79 bits per heavy atom. The fourth-order valence-electron chi connectivity index (χ4n) is 3.96. The largest absolute Gasteiger partial charge is 0.494 e. The van der Waals surface area contributed by atoms with Crippen molar-refractivity contribution in [1.29, 1.82) is 0 Å². The van der Waals surface area contributed by atoms with Crippen LogP contribution in [0.5, 0.6) is 5.75 Å². The maximum Gasteiger partial charge on any atom is 0.242 e. The first-order valence-electron chi connectivity index (χ1n) is 11.6. The highest BCUT2D eigenvalue weighted by atomic mass is 32.2. The van der Waals surface area contributed by atoms with Crippen LogP contribution < -0.4 is 19.7 Å². The zero-order valence-electron chi connectivity index (χ0n) is 20.1. The molecule has 0 radical (unpaired) electrons. The van der Waals surface area contributed by atoms with Gasteiger partial charge in [-0.15, -0.1) is 0 Å². The van der Waals surface area contributed by atoms with Gasteiger partial charge in [-0.3, -0.25) is 9.59 Å². The van der Waals surface area contributed by atoms with E-state index in [0.717, 1.165) is 11.3 Å². The first-order valence-corrected chi connectivity index (χ1v) is 13.1. The molecule has 0 saturated carbocycles. The van der Waals surface area contributed by atoms with Crippen molar-refractivity contribution in [3.8, 4) is 5.75 Å². The van der Waals surface area contributed by atoms with E-state index in [2.05, 4.69) is 10.0 Å². The number of anilines is 2. The maximum absolute atomic E-state index is 13.2. The molecular formula is C25H33N3O5S. The lowest BCUT2D eigenvalue weighted by atomic mass is 10.0. The van der Waals surface area contributed by atoms with Gasteiger partial charge in [0.2, 0.25) is 21.8 Å². The van der Waals surface area contributed by atoms with E-state index in [-0.39, 0.29) is 16.7 Å². The molecule has 0 spiro atoms. The molecule has 0 aromatic heterocycles. The van der Waals surface area contributed by atoms with Crippen LogP contribution in [0.4, 0.5) is 11.4 Å². The quantitative estimate of drug-likeness (QED) is 0.532. The summed E-state index contributed by atoms with van der Waals surface area (Å²) < 4.78 is 34.4. The number of ether oxygens (including phenoxy) is 1. The van der Waals surface area contributed by atoms with Crippen LogP contribution in [-0.4, -0.2) is 39.4 Å². The number of carbonyl (C=O) groups excluding carboxylic acids is 2. The second kappa shape index (κ2) is 11.0. The number of nitrogens with zero attached hydrogens (tertiary/aromatic N) is 1. The van der Waals surface area contributed by atoms with Gasteiger partial charge in [-0.2, -0.15) is 4.72 Å². The van der Waals surface area contributed by atoms with Crippen molar-refractivity contribution in [2.75, 3.05) is 23.4 Å². The number of hydrogen-bond acceptors (Lipinski definition) is 5. The average molecular weight is 488 g/mol. The lowest BCUT2D eigenvalue weighted by Crippen LogP contribution is -2.44. The molecule has 2 amide bonds. The summed E-state index contributed by atoms with van der Waals surface area (Å²) in [6.07, 6.45) is 1.32. The SMILES string of the molecule is CCOc1ccc(NC(=O)[C@@H](CC(C)C)NS(=O)(=O)c2ccc3c(c2)CCN3C(=O)CC)cc1. The Morgan fingerprint density at radius 1 is 1.09 bits per heavy atom. The number of sulfonamides is 1. The van der Waals surface area contributed by atoms with Gasteiger partial charge in [0.15, 0.2) is 0 Å². The Bertz CT molecular complexity index is 1130. The van der Waals surface area contributed by atoms with Crippen LogP contribution >= 0.6 is 0 Å². The predicted octanol–water partition coefficient (Wildman–Crippen LogP) is 3.72. The summed E-state index contributed by atoms with van der Waals surface area (Å²) in [5.41, 5.74) is 2.11. The van der Waals surface area contributed by atoms with Crippen LogP contribution in [0.25, 0.3) is 0 Å². The molecule has 9 heteroatoms. The number of hydrogen-bond donors (Lipinski definition) is 2. The molecule has 2 aromatic rings. The minimum atomic E-state index is -3.96. The summed E-state index contributed by atoms with van der Waals surface area (Å²) in [4.78, 5) is 26.9. The molecule has 2 N–H and O–H groups in total. The molecule has 1 atom stereocenters. The zero-order chi connectivity index (χ0) is 24.9. The van der Waals surface area contributed by atoms with E-state index < -0.39 is 22.0 Å². The van der Waals surface area contributed by atoms with Crippen molar-refractivity contribution >= 4 is 33.2 Å². The van der Waals surface area contributed by atoms with Crippen LogP contribution in [0.3, 0.4) is 0 Å². The standard InChI is InChI=1S/C25H33N3O5S/c1-5-24(29)28-14-13-18-16-21(11-12-23(18)28)34(31,32)27-22(15-17(3)4)25(30)26-19-7-9-20(10-8-19)33-6-2/h7-12,16-17,22,27H,5-6,13-15H2,1-4H3,(H,26,30)/t22-/m1/s1. The van der Waals surface area contributed by atoms with Crippen LogP contribution in [0.15, 0.2) is 47.4 Å². The highest BCUT2D eigenvalue weighted by Gasteiger charge is 2.29. The van der Waals surface area contributed by atoms with Crippen molar-refractivity contribution in [2.24, 2.45) is 5.92 Å². The molecule has 0 saturated heterocycles. The third-order valence-electron chi connectivity index (χ3n) is 5.61. The fraction of sp³-hybridized carbons (Fsp3) is 0.440. The lowest BCUT2D eigenvalue weighted by Gasteiger charge is -2.21. The van der Waals surface area contributed by atoms with Gasteiger partial charge in [-0.05, 0) is 73.7 Å². The summed E-state index contributed by atoms with van der Waals surface area (Å²) in [6.45, 7) is 8.63. The van der Waals surface area contributed by atoms with E-state index in [1.807, 2.05) is 20.8 Å². The molecule has 8 nitrogen and oxygen atoms in total. The first kappa shape index (κ1) is 25.7. The first-order chi connectivity index (χ1) is 16.1. The Morgan fingerprint density at radius 3 is 2.41 bits per heavy atom. The minimum Gasteiger partial charge on any atom is -0.494 e. The maximum atomic E-state index is 13.2. The number of rotatable bonds is 10. The molecular weight excluding hydrogens is 454 g/mol. The Balaban J connectivity index is 1.77. The van der Waals surface area contributed by atoms with Crippen molar-refractivity contribution in [1.82, 2.24) is 4.72 Å². The molecule has 2 aromatic carbocycles. The van der Waals surface area contributed by atoms with Gasteiger partial charge in [0, 0.05) is 24.3 Å². The third-order valence-corrected chi connectivity index (χ3v) is 7.08. The third kappa shape index (κ3) is 6.15. The van der Waals surface area contributed by atoms with Crippen molar-refractivity contribution in [2.45, 2.75) is 57.9 Å². The van der Waals surface area contributed by atoms with Gasteiger partial charge in [0.1, 0.15) is 11.8 Å². The molecule has 3 rings (SSSR count). The van der Waals surface area contributed by atoms with Crippen molar-refractivity contribution in [3.63, 3.8) is 0 Å². The highest BCUT2D eigenvalue weighted by molar-refractivity contribution is 7.89. The molecule has 0 bridgehead atoms. The number of nitrogens with one attached hydrogen (secondary N) is 2. The molecule has 184 valence electrons. The van der Waals surface area contributed by atoms with Gasteiger partial charge in [-0.1, -0.05) is 20.8 Å². The summed E-state index contributed by atoms with van der Waals surface area (Å²) in [6, 6.07) is 10.7. The summed E-state index contributed by atoms with van der Waals surface area (Å²) in [5, 5.41) is 2.79. The Kier molecular flexibility index (Phi) is 8.33. The topological polar surface area (TPSA) is 105 Å². The van der Waals surface area contributed by atoms with Crippen LogP contribution in [0.1, 0.15) is 46.1 Å². The second-order valence-corrected chi connectivity index (χ2v) is 10.4. The number of fused-ring (bicyclic) bond motifs is 1. The van der Waals surface area contributed by atoms with E-state index in [0.29, 0.717) is 43.9 Å². The van der Waals surface area contributed by atoms with Crippen molar-refractivity contribution < 1.29 is 22.7 Å². The molecule has 34 heavy (non-hydrogen) atoms. The summed E-state index contributed by atoms with van der Waals surface area (Å²) in [5.74, 6) is 0.362. The molecule has 1 aliphatic heterocycles. The zero-order valence-corrected chi connectivity index (χ0v) is 20.9. The lowest BCUT2D eigenvalue weighted by molar-refractivity contribution is -0.118. The smallest absolute Gasteiger partial charge is 0.242 e. The molecule has 1 heterocycles. The van der Waals surface area contributed by atoms with Crippen LogP contribution in [-0.2, 0) is 26.0 Å². The van der Waals surface area contributed by atoms with Gasteiger partial charge >= 0.3 is 0 Å². The van der Waals surface area contributed by atoms with E-state index in [9.17, 15) is 18.0 Å². The highest BCUT2D eigenvalue weighted by Crippen LogP contribution is 2.31. The van der Waals surface area contributed by atoms with E-state index in [1.54, 1.807) is 48.2 Å². The minimum absolute atomic E-state index is 0.00967. The van der Waals surface area contributed by atoms with E-state index >= 15 is 0 Å². The molecule has 1 aliphatic rings.